The first-order valence-corrected chi connectivity index (χ1v) is 18.6. The third-order valence-corrected chi connectivity index (χ3v) is 11.8. The molecule has 2 heterocycles. The van der Waals surface area contributed by atoms with Gasteiger partial charge in [0.2, 0.25) is 5.79 Å². The van der Waals surface area contributed by atoms with Crippen molar-refractivity contribution in [2.75, 3.05) is 54.7 Å². The molecule has 2 fully saturated rings. The van der Waals surface area contributed by atoms with E-state index in [2.05, 4.69) is 0 Å². The summed E-state index contributed by atoms with van der Waals surface area (Å²) in [5.41, 5.74) is 1.71. The van der Waals surface area contributed by atoms with E-state index in [9.17, 15) is 19.2 Å². The number of hydrogen-bond donors (Lipinski definition) is 2. The first-order chi connectivity index (χ1) is 22.1. The van der Waals surface area contributed by atoms with Gasteiger partial charge in [0.25, 0.3) is 0 Å². The lowest BCUT2D eigenvalue weighted by Gasteiger charge is -2.30. The van der Waals surface area contributed by atoms with Crippen molar-refractivity contribution in [3.05, 3.63) is 59.7 Å². The van der Waals surface area contributed by atoms with Crippen LogP contribution in [0.2, 0.25) is 0 Å². The molecule has 254 valence electrons. The number of esters is 2. The quantitative estimate of drug-likeness (QED) is 0.107. The normalized spacial score (nSPS) is 20.1. The minimum atomic E-state index is -1.41. The second kappa shape index (κ2) is 20.9. The summed E-state index contributed by atoms with van der Waals surface area (Å²) in [6, 6.07) is 7.45. The Morgan fingerprint density at radius 1 is 0.804 bits per heavy atom. The smallest absolute Gasteiger partial charge is 0.333 e. The number of ether oxygens (including phenoxy) is 6. The highest BCUT2D eigenvalue weighted by Gasteiger charge is 2.32. The van der Waals surface area contributed by atoms with E-state index in [1.165, 1.54) is 0 Å². The van der Waals surface area contributed by atoms with Crippen molar-refractivity contribution in [2.45, 2.75) is 42.5 Å². The molecule has 1 aromatic rings. The summed E-state index contributed by atoms with van der Waals surface area (Å²) in [6.45, 7) is 3.00. The van der Waals surface area contributed by atoms with Crippen molar-refractivity contribution < 1.29 is 57.8 Å². The summed E-state index contributed by atoms with van der Waals surface area (Å²) in [4.78, 5) is 45.7. The van der Waals surface area contributed by atoms with E-state index in [0.29, 0.717) is 30.6 Å². The van der Waals surface area contributed by atoms with Gasteiger partial charge >= 0.3 is 23.9 Å². The standard InChI is InChI=1S/C30H38O12S4/c1-30(40-15-25-17-44-20-46-25,42-29(36)9-7-27(33)34)18-39-11-22-4-2-21(3-5-22)10-37-12-23(41-28(35)8-6-26(31)32)13-38-14-24-16-43-19-45-24/h2-9,23-25H,10-20H2,1H3,(H,31,32)(H,33,34). The van der Waals surface area contributed by atoms with Crippen LogP contribution in [0.1, 0.15) is 18.1 Å². The van der Waals surface area contributed by atoms with Crippen molar-refractivity contribution in [3.8, 4) is 0 Å². The van der Waals surface area contributed by atoms with Gasteiger partial charge in [-0.2, -0.15) is 0 Å². The molecule has 12 nitrogen and oxygen atoms in total. The Balaban J connectivity index is 1.46. The maximum Gasteiger partial charge on any atom is 0.333 e. The summed E-state index contributed by atoms with van der Waals surface area (Å²) in [7, 11) is 0. The Hall–Kier alpha value is -2.18. The lowest BCUT2D eigenvalue weighted by Crippen LogP contribution is -2.41. The maximum atomic E-state index is 12.2. The van der Waals surface area contributed by atoms with Gasteiger partial charge in [-0.25, -0.2) is 19.2 Å². The van der Waals surface area contributed by atoms with Crippen LogP contribution in [-0.2, 0) is 60.8 Å². The Kier molecular flexibility index (Phi) is 17.4. The highest BCUT2D eigenvalue weighted by molar-refractivity contribution is 8.19. The number of carbonyl (C=O) groups is 4. The zero-order valence-corrected chi connectivity index (χ0v) is 28.5. The number of carbonyl (C=O) groups excluding carboxylic acids is 2. The topological polar surface area (TPSA) is 164 Å². The summed E-state index contributed by atoms with van der Waals surface area (Å²) >= 11 is 7.23. The molecule has 1 aromatic carbocycles. The molecule has 0 radical (unpaired) electrons. The molecule has 46 heavy (non-hydrogen) atoms. The fraction of sp³-hybridized carbons (Fsp3) is 0.533. The molecule has 0 amide bonds. The van der Waals surface area contributed by atoms with E-state index in [4.69, 9.17) is 38.6 Å². The highest BCUT2D eigenvalue weighted by atomic mass is 32.2. The van der Waals surface area contributed by atoms with Gasteiger partial charge in [0, 0.05) is 63.4 Å². The summed E-state index contributed by atoms with van der Waals surface area (Å²) in [6.07, 6.45) is 2.38. The molecule has 2 aliphatic heterocycles. The molecule has 3 rings (SSSR count). The average molecular weight is 719 g/mol. The van der Waals surface area contributed by atoms with E-state index in [0.717, 1.165) is 45.0 Å². The molecule has 2 N–H and O–H groups in total. The second-order valence-electron chi connectivity index (χ2n) is 10.2. The number of carboxylic acid groups (broad SMARTS) is 2. The minimum Gasteiger partial charge on any atom is -0.478 e. The molecule has 16 heteroatoms. The minimum absolute atomic E-state index is 0.0566. The molecule has 4 atom stereocenters. The number of hydrogen-bond acceptors (Lipinski definition) is 14. The Bertz CT molecular complexity index is 1180. The molecule has 2 aliphatic rings. The third kappa shape index (κ3) is 16.1. The molecule has 0 aliphatic carbocycles. The summed E-state index contributed by atoms with van der Waals surface area (Å²) in [5, 5.41) is 20.2. The zero-order chi connectivity index (χ0) is 33.2. The maximum absolute atomic E-state index is 12.2. The van der Waals surface area contributed by atoms with Gasteiger partial charge < -0.3 is 38.6 Å². The van der Waals surface area contributed by atoms with Crippen molar-refractivity contribution in [1.82, 2.24) is 0 Å². The van der Waals surface area contributed by atoms with E-state index in [-0.39, 0.29) is 38.3 Å². The van der Waals surface area contributed by atoms with Gasteiger partial charge in [-0.1, -0.05) is 24.3 Å². The number of aliphatic carboxylic acids is 2. The van der Waals surface area contributed by atoms with Crippen LogP contribution in [0.4, 0.5) is 0 Å². The first kappa shape index (κ1) is 38.3. The fourth-order valence-corrected chi connectivity index (χ4v) is 9.38. The Morgan fingerprint density at radius 2 is 1.35 bits per heavy atom. The Morgan fingerprint density at radius 3 is 1.91 bits per heavy atom. The van der Waals surface area contributed by atoms with E-state index < -0.39 is 35.8 Å². The molecule has 0 bridgehead atoms. The van der Waals surface area contributed by atoms with Gasteiger partial charge in [-0.05, 0) is 11.1 Å². The van der Waals surface area contributed by atoms with Crippen LogP contribution < -0.4 is 0 Å². The van der Waals surface area contributed by atoms with Crippen molar-refractivity contribution >= 4 is 70.9 Å². The Labute approximate surface area is 284 Å². The van der Waals surface area contributed by atoms with Crippen LogP contribution in [0.15, 0.2) is 48.6 Å². The van der Waals surface area contributed by atoms with Crippen LogP contribution >= 0.6 is 47.0 Å². The van der Waals surface area contributed by atoms with Gasteiger partial charge in [0.1, 0.15) is 12.7 Å². The molecule has 4 unspecified atom stereocenters. The number of thioether (sulfide) groups is 4. The molecule has 2 saturated heterocycles. The van der Waals surface area contributed by atoms with Gasteiger partial charge in [0.05, 0.1) is 39.6 Å². The predicted octanol–water partition coefficient (Wildman–Crippen LogP) is 3.82. The second-order valence-corrected chi connectivity index (χ2v) is 15.6. The van der Waals surface area contributed by atoms with Gasteiger partial charge in [0.15, 0.2) is 0 Å². The van der Waals surface area contributed by atoms with Crippen molar-refractivity contribution in [1.29, 1.82) is 0 Å². The molecular weight excluding hydrogens is 681 g/mol. The number of benzene rings is 1. The number of carboxylic acids is 2. The van der Waals surface area contributed by atoms with Crippen molar-refractivity contribution in [3.63, 3.8) is 0 Å². The van der Waals surface area contributed by atoms with E-state index >= 15 is 0 Å². The lowest BCUT2D eigenvalue weighted by molar-refractivity contribution is -0.240. The van der Waals surface area contributed by atoms with Crippen LogP contribution in [0.5, 0.6) is 0 Å². The SMILES string of the molecule is CC(COCc1ccc(COCC(COCC2CSCS2)OC(=O)C=CC(=O)O)cc1)(OCC1CSCS1)OC(=O)C=CC(=O)O. The lowest BCUT2D eigenvalue weighted by atomic mass is 10.1. The summed E-state index contributed by atoms with van der Waals surface area (Å²) < 4.78 is 34.1. The van der Waals surface area contributed by atoms with Crippen LogP contribution in [-0.4, -0.2) is 111 Å². The monoisotopic (exact) mass is 718 g/mol. The van der Waals surface area contributed by atoms with E-state index in [1.807, 2.05) is 47.8 Å². The predicted molar refractivity (Wildman–Crippen MR) is 178 cm³/mol. The summed E-state index contributed by atoms with van der Waals surface area (Å²) in [5.74, 6) is -3.65. The third-order valence-electron chi connectivity index (χ3n) is 6.12. The van der Waals surface area contributed by atoms with Crippen molar-refractivity contribution in [2.24, 2.45) is 0 Å². The molecular formula is C30H38O12S4. The largest absolute Gasteiger partial charge is 0.478 e. The average Bonchev–Trinajstić information content (AvgIpc) is 3.74. The number of rotatable bonds is 21. The fourth-order valence-electron chi connectivity index (χ4n) is 3.88. The zero-order valence-electron chi connectivity index (χ0n) is 25.2. The van der Waals surface area contributed by atoms with Crippen LogP contribution in [0, 0.1) is 0 Å². The van der Waals surface area contributed by atoms with E-state index in [1.54, 1.807) is 30.4 Å². The first-order valence-electron chi connectivity index (χ1n) is 14.2. The molecule has 0 saturated carbocycles. The highest BCUT2D eigenvalue weighted by Crippen LogP contribution is 2.31. The van der Waals surface area contributed by atoms with Gasteiger partial charge in [-0.15, -0.1) is 47.0 Å². The molecule has 0 spiro atoms. The van der Waals surface area contributed by atoms with Crippen LogP contribution in [0.3, 0.4) is 0 Å². The molecule has 0 aromatic heterocycles. The van der Waals surface area contributed by atoms with Crippen LogP contribution in [0.25, 0.3) is 0 Å². The van der Waals surface area contributed by atoms with Gasteiger partial charge in [-0.3, -0.25) is 0 Å².